The number of nitrogens with two attached hydrogens (primary N) is 1. The fraction of sp³-hybridized carbons (Fsp3) is 1.00. The summed E-state index contributed by atoms with van der Waals surface area (Å²) in [6.07, 6.45) is 2.62. The topological polar surface area (TPSA) is 32.5 Å². The molecule has 100 valence electrons. The van der Waals surface area contributed by atoms with Gasteiger partial charge in [-0.15, -0.1) is 0 Å². The first-order valence-corrected chi connectivity index (χ1v) is 8.18. The predicted octanol–water partition coefficient (Wildman–Crippen LogP) is 1.24. The van der Waals surface area contributed by atoms with Crippen LogP contribution in [-0.2, 0) is 0 Å². The second-order valence-electron chi connectivity index (χ2n) is 5.34. The fourth-order valence-corrected chi connectivity index (χ4v) is 4.84. The average Bonchev–Trinajstić information content (AvgIpc) is 2.99. The van der Waals surface area contributed by atoms with Crippen molar-refractivity contribution in [3.8, 4) is 0 Å². The minimum absolute atomic E-state index is 0.326. The Morgan fingerprint density at radius 3 is 2.71 bits per heavy atom. The normalized spacial score (nSPS) is 34.9. The first kappa shape index (κ1) is 13.7. The second kappa shape index (κ2) is 5.91. The molecule has 0 saturated carbocycles. The average molecular weight is 257 g/mol. The summed E-state index contributed by atoms with van der Waals surface area (Å²) in [6.45, 7) is 10.2. The summed E-state index contributed by atoms with van der Waals surface area (Å²) in [5.74, 6) is 2.54. The third-order valence-corrected chi connectivity index (χ3v) is 5.86. The molecule has 0 aromatic rings. The van der Waals surface area contributed by atoms with Crippen molar-refractivity contribution >= 4 is 11.8 Å². The van der Waals surface area contributed by atoms with E-state index in [2.05, 4.69) is 35.4 Å². The van der Waals surface area contributed by atoms with Gasteiger partial charge in [0.15, 0.2) is 0 Å². The number of likely N-dealkylation sites (tertiary alicyclic amines) is 1. The number of likely N-dealkylation sites (N-methyl/N-ethyl adjacent to an activating group) is 1. The van der Waals surface area contributed by atoms with Crippen LogP contribution >= 0.6 is 11.8 Å². The summed E-state index contributed by atoms with van der Waals surface area (Å²) < 4.78 is 0. The zero-order chi connectivity index (χ0) is 12.3. The smallest absolute Gasteiger partial charge is 0.0430 e. The Labute approximate surface area is 110 Å². The molecule has 2 unspecified atom stereocenters. The highest BCUT2D eigenvalue weighted by Gasteiger charge is 2.42. The van der Waals surface area contributed by atoms with Gasteiger partial charge < -0.3 is 5.73 Å². The van der Waals surface area contributed by atoms with Gasteiger partial charge in [0, 0.05) is 37.0 Å². The lowest BCUT2D eigenvalue weighted by Crippen LogP contribution is -2.54. The molecule has 0 aromatic heterocycles. The number of hydrogen-bond acceptors (Lipinski definition) is 4. The van der Waals surface area contributed by atoms with Crippen LogP contribution < -0.4 is 5.73 Å². The van der Waals surface area contributed by atoms with Crippen LogP contribution in [0.3, 0.4) is 0 Å². The molecule has 2 aliphatic rings. The maximum absolute atomic E-state index is 6.07. The van der Waals surface area contributed by atoms with Crippen LogP contribution in [0.25, 0.3) is 0 Å². The summed E-state index contributed by atoms with van der Waals surface area (Å²) in [5, 5.41) is 0. The first-order chi connectivity index (χ1) is 8.25. The van der Waals surface area contributed by atoms with Crippen LogP contribution in [0.1, 0.15) is 26.7 Å². The lowest BCUT2D eigenvalue weighted by atomic mass is 9.97. The maximum atomic E-state index is 6.07. The standard InChI is InChI=1S/C13H27N3S/c1-3-15(4-2)12-5-7-16(9-12)13(10-14)6-8-17-11-13/h12H,3-11,14H2,1-2H3. The van der Waals surface area contributed by atoms with Crippen molar-refractivity contribution in [3.63, 3.8) is 0 Å². The van der Waals surface area contributed by atoms with E-state index in [1.54, 1.807) is 0 Å². The lowest BCUT2D eigenvalue weighted by molar-refractivity contribution is 0.130. The summed E-state index contributed by atoms with van der Waals surface area (Å²) in [4.78, 5) is 5.29. The molecule has 0 bridgehead atoms. The quantitative estimate of drug-likeness (QED) is 0.803. The van der Waals surface area contributed by atoms with Crippen LogP contribution in [0.4, 0.5) is 0 Å². The first-order valence-electron chi connectivity index (χ1n) is 7.02. The molecule has 2 saturated heterocycles. The molecule has 3 nitrogen and oxygen atoms in total. The summed E-state index contributed by atoms with van der Waals surface area (Å²) >= 11 is 2.08. The Morgan fingerprint density at radius 1 is 1.41 bits per heavy atom. The van der Waals surface area contributed by atoms with Crippen LogP contribution in [0.2, 0.25) is 0 Å². The SMILES string of the molecule is CCN(CC)C1CCN(C2(CN)CCSC2)C1. The van der Waals surface area contributed by atoms with Crippen molar-refractivity contribution in [2.24, 2.45) is 5.73 Å². The Morgan fingerprint density at radius 2 is 2.18 bits per heavy atom. The van der Waals surface area contributed by atoms with Crippen molar-refractivity contribution in [2.75, 3.05) is 44.2 Å². The molecule has 0 radical (unpaired) electrons. The van der Waals surface area contributed by atoms with Gasteiger partial charge in [-0.2, -0.15) is 11.8 Å². The van der Waals surface area contributed by atoms with Gasteiger partial charge in [0.1, 0.15) is 0 Å². The molecule has 2 rings (SSSR count). The van der Waals surface area contributed by atoms with E-state index in [1.807, 2.05) is 0 Å². The minimum atomic E-state index is 0.326. The third-order valence-electron chi connectivity index (χ3n) is 4.63. The van der Waals surface area contributed by atoms with E-state index < -0.39 is 0 Å². The molecular formula is C13H27N3S. The van der Waals surface area contributed by atoms with Gasteiger partial charge in [-0.25, -0.2) is 0 Å². The largest absolute Gasteiger partial charge is 0.329 e. The van der Waals surface area contributed by atoms with E-state index in [-0.39, 0.29) is 0 Å². The third kappa shape index (κ3) is 2.65. The number of hydrogen-bond donors (Lipinski definition) is 1. The molecule has 0 aromatic carbocycles. The van der Waals surface area contributed by atoms with Crippen molar-refractivity contribution in [1.29, 1.82) is 0 Å². The van der Waals surface area contributed by atoms with Gasteiger partial charge in [-0.1, -0.05) is 13.8 Å². The van der Waals surface area contributed by atoms with Gasteiger partial charge in [0.25, 0.3) is 0 Å². The van der Waals surface area contributed by atoms with Gasteiger partial charge in [0.2, 0.25) is 0 Å². The second-order valence-corrected chi connectivity index (χ2v) is 6.45. The molecule has 0 spiro atoms. The van der Waals surface area contributed by atoms with Crippen LogP contribution in [0, 0.1) is 0 Å². The number of nitrogens with zero attached hydrogens (tertiary/aromatic N) is 2. The Balaban J connectivity index is 1.96. The molecular weight excluding hydrogens is 230 g/mol. The van der Waals surface area contributed by atoms with E-state index >= 15 is 0 Å². The van der Waals surface area contributed by atoms with Crippen molar-refractivity contribution in [1.82, 2.24) is 9.80 Å². The molecule has 0 amide bonds. The molecule has 4 heteroatoms. The summed E-state index contributed by atoms with van der Waals surface area (Å²) in [7, 11) is 0. The van der Waals surface area contributed by atoms with E-state index in [9.17, 15) is 0 Å². The van der Waals surface area contributed by atoms with Crippen molar-refractivity contribution in [2.45, 2.75) is 38.3 Å². The Bertz CT molecular complexity index is 237. The molecule has 17 heavy (non-hydrogen) atoms. The van der Waals surface area contributed by atoms with Gasteiger partial charge in [-0.05, 0) is 31.7 Å². The highest BCUT2D eigenvalue weighted by molar-refractivity contribution is 7.99. The zero-order valence-electron chi connectivity index (χ0n) is 11.3. The van der Waals surface area contributed by atoms with Crippen LogP contribution in [0.15, 0.2) is 0 Å². The molecule has 0 aliphatic carbocycles. The predicted molar refractivity (Wildman–Crippen MR) is 76.6 cm³/mol. The van der Waals surface area contributed by atoms with Gasteiger partial charge >= 0.3 is 0 Å². The fourth-order valence-electron chi connectivity index (χ4n) is 3.35. The van der Waals surface area contributed by atoms with Crippen molar-refractivity contribution < 1.29 is 0 Å². The molecule has 2 aliphatic heterocycles. The molecule has 2 N–H and O–H groups in total. The van der Waals surface area contributed by atoms with E-state index in [0.29, 0.717) is 5.54 Å². The van der Waals surface area contributed by atoms with Crippen LogP contribution in [0.5, 0.6) is 0 Å². The highest BCUT2D eigenvalue weighted by atomic mass is 32.2. The Kier molecular flexibility index (Phi) is 4.75. The van der Waals surface area contributed by atoms with Crippen molar-refractivity contribution in [3.05, 3.63) is 0 Å². The maximum Gasteiger partial charge on any atom is 0.0430 e. The minimum Gasteiger partial charge on any atom is -0.329 e. The van der Waals surface area contributed by atoms with E-state index in [4.69, 9.17) is 5.73 Å². The summed E-state index contributed by atoms with van der Waals surface area (Å²) in [6, 6.07) is 0.763. The number of rotatable bonds is 5. The highest BCUT2D eigenvalue weighted by Crippen LogP contribution is 2.35. The van der Waals surface area contributed by atoms with E-state index in [1.165, 1.54) is 50.5 Å². The Hall–Kier alpha value is 0.230. The molecule has 2 atom stereocenters. The molecule has 2 heterocycles. The monoisotopic (exact) mass is 257 g/mol. The van der Waals surface area contributed by atoms with Gasteiger partial charge in [0.05, 0.1) is 0 Å². The zero-order valence-corrected chi connectivity index (χ0v) is 12.1. The van der Waals surface area contributed by atoms with Crippen LogP contribution in [-0.4, -0.2) is 65.6 Å². The number of thioether (sulfide) groups is 1. The van der Waals surface area contributed by atoms with Gasteiger partial charge in [-0.3, -0.25) is 9.80 Å². The summed E-state index contributed by atoms with van der Waals surface area (Å²) in [5.41, 5.74) is 6.39. The van der Waals surface area contributed by atoms with E-state index in [0.717, 1.165) is 12.6 Å². The molecule has 2 fully saturated rings. The lowest BCUT2D eigenvalue weighted by Gasteiger charge is -2.38.